The summed E-state index contributed by atoms with van der Waals surface area (Å²) in [5, 5.41) is 19.5. The molecule has 0 amide bonds. The largest absolute Gasteiger partial charge is 0.508 e. The van der Waals surface area contributed by atoms with Crippen LogP contribution in [-0.2, 0) is 14.9 Å². The van der Waals surface area contributed by atoms with Crippen LogP contribution in [-0.4, -0.2) is 23.3 Å². The van der Waals surface area contributed by atoms with E-state index in [-0.39, 0.29) is 16.7 Å². The molecule has 0 aromatic heterocycles. The molecule has 0 saturated carbocycles. The number of rotatable bonds is 4. The Hall–Kier alpha value is -1.55. The van der Waals surface area contributed by atoms with Gasteiger partial charge < -0.3 is 14.9 Å². The number of hydrogen-bond acceptors (Lipinski definition) is 4. The third kappa shape index (κ3) is 2.82. The molecule has 4 heteroatoms. The molecule has 1 aromatic carbocycles. The first-order valence-corrected chi connectivity index (χ1v) is 5.92. The lowest BCUT2D eigenvalue weighted by Crippen LogP contribution is -2.18. The minimum Gasteiger partial charge on any atom is -0.508 e. The topological polar surface area (TPSA) is 66.8 Å². The van der Waals surface area contributed by atoms with Gasteiger partial charge in [0.25, 0.3) is 0 Å². The van der Waals surface area contributed by atoms with Crippen molar-refractivity contribution in [3.8, 4) is 5.75 Å². The Kier molecular flexibility index (Phi) is 4.35. The molecular weight excluding hydrogens is 232 g/mol. The SMILES string of the molecule is CCC(C)(C)c1ccc(O)c(C(O)C(=O)OC)c1. The number of carbonyl (C=O) groups excluding carboxylic acids is 1. The van der Waals surface area contributed by atoms with Crippen molar-refractivity contribution in [3.05, 3.63) is 29.3 Å². The number of methoxy groups -OCH3 is 1. The molecular formula is C14H20O4. The van der Waals surface area contributed by atoms with Gasteiger partial charge in [-0.15, -0.1) is 0 Å². The van der Waals surface area contributed by atoms with Gasteiger partial charge in [-0.05, 0) is 29.5 Å². The van der Waals surface area contributed by atoms with Crippen LogP contribution in [0.15, 0.2) is 18.2 Å². The molecule has 0 fully saturated rings. The predicted molar refractivity (Wildman–Crippen MR) is 68.4 cm³/mol. The normalized spacial score (nSPS) is 13.2. The van der Waals surface area contributed by atoms with Crippen molar-refractivity contribution in [2.75, 3.05) is 7.11 Å². The maximum Gasteiger partial charge on any atom is 0.339 e. The minimum atomic E-state index is -1.46. The zero-order valence-electron chi connectivity index (χ0n) is 11.2. The van der Waals surface area contributed by atoms with Crippen molar-refractivity contribution in [1.82, 2.24) is 0 Å². The summed E-state index contributed by atoms with van der Waals surface area (Å²) < 4.78 is 4.47. The number of aromatic hydroxyl groups is 1. The van der Waals surface area contributed by atoms with Gasteiger partial charge in [-0.2, -0.15) is 0 Å². The predicted octanol–water partition coefficient (Wildman–Crippen LogP) is 2.29. The zero-order chi connectivity index (χ0) is 13.9. The van der Waals surface area contributed by atoms with Crippen molar-refractivity contribution < 1.29 is 19.7 Å². The maximum atomic E-state index is 11.3. The maximum absolute atomic E-state index is 11.3. The summed E-state index contributed by atoms with van der Waals surface area (Å²) in [4.78, 5) is 11.3. The van der Waals surface area contributed by atoms with Gasteiger partial charge >= 0.3 is 5.97 Å². The molecule has 1 unspecified atom stereocenters. The van der Waals surface area contributed by atoms with Gasteiger partial charge in [0.05, 0.1) is 7.11 Å². The van der Waals surface area contributed by atoms with Crippen molar-refractivity contribution in [2.24, 2.45) is 0 Å². The summed E-state index contributed by atoms with van der Waals surface area (Å²) in [5.41, 5.74) is 1.06. The lowest BCUT2D eigenvalue weighted by molar-refractivity contribution is -0.150. The molecule has 0 bridgehead atoms. The van der Waals surface area contributed by atoms with Crippen molar-refractivity contribution in [2.45, 2.75) is 38.7 Å². The van der Waals surface area contributed by atoms with Crippen LogP contribution in [0.1, 0.15) is 44.4 Å². The summed E-state index contributed by atoms with van der Waals surface area (Å²) in [6.07, 6.45) is -0.548. The second-order valence-electron chi connectivity index (χ2n) is 4.94. The summed E-state index contributed by atoms with van der Waals surface area (Å²) in [6, 6.07) is 4.95. The van der Waals surface area contributed by atoms with E-state index in [0.717, 1.165) is 12.0 Å². The van der Waals surface area contributed by atoms with Gasteiger partial charge in [-0.25, -0.2) is 4.79 Å². The molecule has 0 heterocycles. The number of esters is 1. The molecule has 2 N–H and O–H groups in total. The Bertz CT molecular complexity index is 437. The van der Waals surface area contributed by atoms with Crippen LogP contribution in [0, 0.1) is 0 Å². The molecule has 1 atom stereocenters. The van der Waals surface area contributed by atoms with Crippen LogP contribution in [0.5, 0.6) is 5.75 Å². The first kappa shape index (κ1) is 14.5. The van der Waals surface area contributed by atoms with E-state index in [2.05, 4.69) is 25.5 Å². The van der Waals surface area contributed by atoms with Crippen LogP contribution in [0.2, 0.25) is 0 Å². The second-order valence-corrected chi connectivity index (χ2v) is 4.94. The van der Waals surface area contributed by atoms with Crippen molar-refractivity contribution >= 4 is 5.97 Å². The van der Waals surface area contributed by atoms with E-state index in [0.29, 0.717) is 0 Å². The van der Waals surface area contributed by atoms with Gasteiger partial charge in [0, 0.05) is 5.56 Å². The van der Waals surface area contributed by atoms with Crippen LogP contribution in [0.3, 0.4) is 0 Å². The highest BCUT2D eigenvalue weighted by molar-refractivity contribution is 5.77. The van der Waals surface area contributed by atoms with E-state index in [9.17, 15) is 15.0 Å². The first-order valence-electron chi connectivity index (χ1n) is 5.92. The third-order valence-corrected chi connectivity index (χ3v) is 3.41. The van der Waals surface area contributed by atoms with Gasteiger partial charge in [-0.3, -0.25) is 0 Å². The Morgan fingerprint density at radius 2 is 2.06 bits per heavy atom. The smallest absolute Gasteiger partial charge is 0.339 e. The highest BCUT2D eigenvalue weighted by Crippen LogP contribution is 2.33. The number of carbonyl (C=O) groups is 1. The molecule has 4 nitrogen and oxygen atoms in total. The van der Waals surface area contributed by atoms with Crippen molar-refractivity contribution in [1.29, 1.82) is 0 Å². The number of aliphatic hydroxyl groups excluding tert-OH is 1. The summed E-state index contributed by atoms with van der Waals surface area (Å²) in [7, 11) is 1.20. The minimum absolute atomic E-state index is 0.0850. The number of hydrogen-bond donors (Lipinski definition) is 2. The lowest BCUT2D eigenvalue weighted by Gasteiger charge is -2.24. The van der Waals surface area contributed by atoms with E-state index in [4.69, 9.17) is 0 Å². The standard InChI is InChI=1S/C14H20O4/c1-5-14(2,3)9-6-7-11(15)10(8-9)12(16)13(17)18-4/h6-8,12,15-16H,5H2,1-4H3. The molecule has 0 spiro atoms. The average molecular weight is 252 g/mol. The molecule has 0 saturated heterocycles. The number of benzene rings is 1. The molecule has 18 heavy (non-hydrogen) atoms. The fourth-order valence-electron chi connectivity index (χ4n) is 1.64. The Balaban J connectivity index is 3.21. The Labute approximate surface area is 107 Å². The van der Waals surface area contributed by atoms with E-state index >= 15 is 0 Å². The molecule has 0 aliphatic rings. The van der Waals surface area contributed by atoms with E-state index in [1.54, 1.807) is 12.1 Å². The monoisotopic (exact) mass is 252 g/mol. The summed E-state index contributed by atoms with van der Waals surface area (Å²) in [6.45, 7) is 6.19. The van der Waals surface area contributed by atoms with E-state index in [1.807, 2.05) is 0 Å². The van der Waals surface area contributed by atoms with Crippen LogP contribution >= 0.6 is 0 Å². The number of phenols is 1. The van der Waals surface area contributed by atoms with Gasteiger partial charge in [0.1, 0.15) is 5.75 Å². The number of phenolic OH excluding ortho intramolecular Hbond substituents is 1. The quantitative estimate of drug-likeness (QED) is 0.807. The molecule has 1 rings (SSSR count). The molecule has 1 aromatic rings. The first-order chi connectivity index (χ1) is 8.33. The molecule has 0 aliphatic carbocycles. The van der Waals surface area contributed by atoms with E-state index in [1.165, 1.54) is 13.2 Å². The Morgan fingerprint density at radius 3 is 2.56 bits per heavy atom. The van der Waals surface area contributed by atoms with Crippen LogP contribution < -0.4 is 0 Å². The van der Waals surface area contributed by atoms with Gasteiger partial charge in [0.2, 0.25) is 0 Å². The van der Waals surface area contributed by atoms with E-state index < -0.39 is 12.1 Å². The van der Waals surface area contributed by atoms with Gasteiger partial charge in [-0.1, -0.05) is 26.8 Å². The van der Waals surface area contributed by atoms with Crippen LogP contribution in [0.4, 0.5) is 0 Å². The van der Waals surface area contributed by atoms with Crippen molar-refractivity contribution in [3.63, 3.8) is 0 Å². The summed E-state index contributed by atoms with van der Waals surface area (Å²) in [5.74, 6) is -0.889. The van der Waals surface area contributed by atoms with Gasteiger partial charge in [0.15, 0.2) is 6.10 Å². The third-order valence-electron chi connectivity index (χ3n) is 3.41. The molecule has 0 aliphatic heterocycles. The lowest BCUT2D eigenvalue weighted by atomic mass is 9.81. The molecule has 0 radical (unpaired) electrons. The highest BCUT2D eigenvalue weighted by atomic mass is 16.5. The molecule has 100 valence electrons. The fourth-order valence-corrected chi connectivity index (χ4v) is 1.64. The second kappa shape index (κ2) is 5.40. The summed E-state index contributed by atoms with van der Waals surface area (Å²) >= 11 is 0. The van der Waals surface area contributed by atoms with Crippen LogP contribution in [0.25, 0.3) is 0 Å². The average Bonchev–Trinajstić information content (AvgIpc) is 2.37. The fraction of sp³-hybridized carbons (Fsp3) is 0.500. The number of aliphatic hydroxyl groups is 1. The highest BCUT2D eigenvalue weighted by Gasteiger charge is 2.25. The Morgan fingerprint density at radius 1 is 1.44 bits per heavy atom. The zero-order valence-corrected chi connectivity index (χ0v) is 11.2. The number of ether oxygens (including phenoxy) is 1.